The number of nitrogens with zero attached hydrogens (tertiary/aromatic N) is 1. The van der Waals surface area contributed by atoms with E-state index in [-0.39, 0.29) is 0 Å². The van der Waals surface area contributed by atoms with E-state index in [9.17, 15) is 0 Å². The van der Waals surface area contributed by atoms with Crippen LogP contribution in [0.2, 0.25) is 0 Å². The Hall–Kier alpha value is -1.13. The van der Waals surface area contributed by atoms with Gasteiger partial charge in [0, 0.05) is 28.3 Å². The van der Waals surface area contributed by atoms with Gasteiger partial charge in [-0.05, 0) is 44.3 Å². The molecular weight excluding hydrogens is 278 g/mol. The molecule has 2 aromatic rings. The third kappa shape index (κ3) is 3.17. The van der Waals surface area contributed by atoms with E-state index in [0.29, 0.717) is 0 Å². The SMILES string of the molecule is CNCCCNc1ccnc2ccc(Br)cc12. The summed E-state index contributed by atoms with van der Waals surface area (Å²) in [5, 5.41) is 7.75. The molecule has 1 heterocycles. The van der Waals surface area contributed by atoms with Crippen molar-refractivity contribution in [3.8, 4) is 0 Å². The Morgan fingerprint density at radius 3 is 2.94 bits per heavy atom. The number of rotatable bonds is 5. The van der Waals surface area contributed by atoms with E-state index in [0.717, 1.165) is 40.6 Å². The summed E-state index contributed by atoms with van der Waals surface area (Å²) in [4.78, 5) is 4.35. The van der Waals surface area contributed by atoms with Gasteiger partial charge in [-0.25, -0.2) is 0 Å². The number of benzene rings is 1. The number of pyridine rings is 1. The van der Waals surface area contributed by atoms with Crippen molar-refractivity contribution in [1.29, 1.82) is 0 Å². The van der Waals surface area contributed by atoms with Crippen LogP contribution in [-0.2, 0) is 0 Å². The molecule has 3 nitrogen and oxygen atoms in total. The first-order valence-corrected chi connectivity index (χ1v) is 6.53. The monoisotopic (exact) mass is 293 g/mol. The Morgan fingerprint density at radius 1 is 1.24 bits per heavy atom. The molecule has 0 radical (unpaired) electrons. The van der Waals surface area contributed by atoms with E-state index in [4.69, 9.17) is 0 Å². The van der Waals surface area contributed by atoms with Crippen LogP contribution < -0.4 is 10.6 Å². The van der Waals surface area contributed by atoms with Crippen LogP contribution in [0.3, 0.4) is 0 Å². The molecule has 0 saturated heterocycles. The average Bonchev–Trinajstić information content (AvgIpc) is 2.35. The summed E-state index contributed by atoms with van der Waals surface area (Å²) < 4.78 is 1.08. The van der Waals surface area contributed by atoms with Gasteiger partial charge in [-0.3, -0.25) is 4.98 Å². The molecule has 0 aliphatic carbocycles. The van der Waals surface area contributed by atoms with E-state index >= 15 is 0 Å². The highest BCUT2D eigenvalue weighted by atomic mass is 79.9. The Morgan fingerprint density at radius 2 is 2.12 bits per heavy atom. The zero-order valence-electron chi connectivity index (χ0n) is 9.83. The summed E-state index contributed by atoms with van der Waals surface area (Å²) in [6.45, 7) is 1.99. The molecule has 0 aliphatic rings. The summed E-state index contributed by atoms with van der Waals surface area (Å²) in [6.07, 6.45) is 2.95. The van der Waals surface area contributed by atoms with Crippen LogP contribution in [0.5, 0.6) is 0 Å². The van der Waals surface area contributed by atoms with Gasteiger partial charge >= 0.3 is 0 Å². The van der Waals surface area contributed by atoms with Crippen molar-refractivity contribution < 1.29 is 0 Å². The third-order valence-electron chi connectivity index (χ3n) is 2.62. The third-order valence-corrected chi connectivity index (χ3v) is 3.12. The van der Waals surface area contributed by atoms with Crippen LogP contribution in [0.15, 0.2) is 34.9 Å². The fourth-order valence-electron chi connectivity index (χ4n) is 1.76. The van der Waals surface area contributed by atoms with Gasteiger partial charge in [0.2, 0.25) is 0 Å². The molecule has 0 bridgehead atoms. The van der Waals surface area contributed by atoms with Crippen molar-refractivity contribution in [2.45, 2.75) is 6.42 Å². The Balaban J connectivity index is 2.18. The molecule has 0 saturated carbocycles. The fourth-order valence-corrected chi connectivity index (χ4v) is 2.12. The second-order valence-electron chi connectivity index (χ2n) is 3.90. The molecule has 0 aliphatic heterocycles. The molecule has 2 rings (SSSR count). The molecule has 2 N–H and O–H groups in total. The molecule has 0 unspecified atom stereocenters. The maximum Gasteiger partial charge on any atom is 0.0723 e. The van der Waals surface area contributed by atoms with Crippen LogP contribution in [-0.4, -0.2) is 25.1 Å². The second-order valence-corrected chi connectivity index (χ2v) is 4.82. The molecule has 0 spiro atoms. The summed E-state index contributed by atoms with van der Waals surface area (Å²) in [5.74, 6) is 0. The number of hydrogen-bond acceptors (Lipinski definition) is 3. The molecule has 1 aromatic heterocycles. The van der Waals surface area contributed by atoms with Gasteiger partial charge in [0.1, 0.15) is 0 Å². The topological polar surface area (TPSA) is 37.0 Å². The van der Waals surface area contributed by atoms with Gasteiger partial charge in [-0.15, -0.1) is 0 Å². The van der Waals surface area contributed by atoms with E-state index in [1.807, 2.05) is 31.4 Å². The van der Waals surface area contributed by atoms with Crippen LogP contribution in [0.4, 0.5) is 5.69 Å². The van der Waals surface area contributed by atoms with Gasteiger partial charge in [0.15, 0.2) is 0 Å². The summed E-state index contributed by atoms with van der Waals surface area (Å²) in [5.41, 5.74) is 2.17. The maximum atomic E-state index is 4.35. The van der Waals surface area contributed by atoms with Gasteiger partial charge < -0.3 is 10.6 Å². The largest absolute Gasteiger partial charge is 0.384 e. The lowest BCUT2D eigenvalue weighted by Gasteiger charge is -2.09. The predicted octanol–water partition coefficient (Wildman–Crippen LogP) is 3.02. The Kier molecular flexibility index (Phi) is 4.34. The number of aromatic nitrogens is 1. The average molecular weight is 294 g/mol. The highest BCUT2D eigenvalue weighted by Crippen LogP contribution is 2.24. The second kappa shape index (κ2) is 5.98. The molecule has 0 amide bonds. The molecule has 17 heavy (non-hydrogen) atoms. The normalized spacial score (nSPS) is 10.7. The predicted molar refractivity (Wildman–Crippen MR) is 76.5 cm³/mol. The number of nitrogens with one attached hydrogen (secondary N) is 2. The summed E-state index contributed by atoms with van der Waals surface area (Å²) in [6, 6.07) is 8.16. The van der Waals surface area contributed by atoms with E-state index in [1.54, 1.807) is 0 Å². The van der Waals surface area contributed by atoms with Crippen molar-refractivity contribution in [1.82, 2.24) is 10.3 Å². The number of halogens is 1. The first kappa shape index (κ1) is 12.3. The molecular formula is C13H16BrN3. The smallest absolute Gasteiger partial charge is 0.0723 e. The maximum absolute atomic E-state index is 4.35. The minimum Gasteiger partial charge on any atom is -0.384 e. The van der Waals surface area contributed by atoms with Gasteiger partial charge in [-0.2, -0.15) is 0 Å². The number of fused-ring (bicyclic) bond motifs is 1. The number of hydrogen-bond donors (Lipinski definition) is 2. The quantitative estimate of drug-likeness (QED) is 0.832. The van der Waals surface area contributed by atoms with E-state index in [1.165, 1.54) is 0 Å². The highest BCUT2D eigenvalue weighted by molar-refractivity contribution is 9.10. The molecule has 90 valence electrons. The van der Waals surface area contributed by atoms with E-state index in [2.05, 4.69) is 37.6 Å². The van der Waals surface area contributed by atoms with Crippen molar-refractivity contribution in [3.05, 3.63) is 34.9 Å². The molecule has 4 heteroatoms. The first-order chi connectivity index (χ1) is 8.31. The lowest BCUT2D eigenvalue weighted by molar-refractivity contribution is 0.748. The van der Waals surface area contributed by atoms with Crippen molar-refractivity contribution in [2.75, 3.05) is 25.5 Å². The summed E-state index contributed by atoms with van der Waals surface area (Å²) in [7, 11) is 1.97. The standard InChI is InChI=1S/C13H16BrN3/c1-15-6-2-7-16-13-5-8-17-12-4-3-10(14)9-11(12)13/h3-5,8-9,15H,2,6-7H2,1H3,(H,16,17). The van der Waals surface area contributed by atoms with Gasteiger partial charge in [0.05, 0.1) is 5.52 Å². The zero-order chi connectivity index (χ0) is 12.1. The number of anilines is 1. The molecule has 0 atom stereocenters. The van der Waals surface area contributed by atoms with Gasteiger partial charge in [-0.1, -0.05) is 15.9 Å². The minimum absolute atomic E-state index is 0.965. The minimum atomic E-state index is 0.965. The van der Waals surface area contributed by atoms with Crippen molar-refractivity contribution in [3.63, 3.8) is 0 Å². The van der Waals surface area contributed by atoms with Crippen LogP contribution in [0.25, 0.3) is 10.9 Å². The van der Waals surface area contributed by atoms with Crippen LogP contribution in [0.1, 0.15) is 6.42 Å². The lowest BCUT2D eigenvalue weighted by Crippen LogP contribution is -2.13. The van der Waals surface area contributed by atoms with Gasteiger partial charge in [0.25, 0.3) is 0 Å². The van der Waals surface area contributed by atoms with Crippen LogP contribution in [0, 0.1) is 0 Å². The van der Waals surface area contributed by atoms with E-state index < -0.39 is 0 Å². The summed E-state index contributed by atoms with van der Waals surface area (Å²) >= 11 is 3.49. The Labute approximate surface area is 110 Å². The van der Waals surface area contributed by atoms with Crippen LogP contribution >= 0.6 is 15.9 Å². The first-order valence-electron chi connectivity index (χ1n) is 5.74. The zero-order valence-corrected chi connectivity index (χ0v) is 11.4. The highest BCUT2D eigenvalue weighted by Gasteiger charge is 2.01. The van der Waals surface area contributed by atoms with Crippen molar-refractivity contribution >= 4 is 32.5 Å². The lowest BCUT2D eigenvalue weighted by atomic mass is 10.2. The van der Waals surface area contributed by atoms with Crippen molar-refractivity contribution in [2.24, 2.45) is 0 Å². The fraction of sp³-hybridized carbons (Fsp3) is 0.308. The molecule has 1 aromatic carbocycles. The Bertz CT molecular complexity index is 499. The molecule has 0 fully saturated rings.